The largest absolute Gasteiger partial charge is 0.494 e. The number of piperidine rings is 1. The maximum absolute atomic E-state index is 12.4. The molecule has 1 N–H and O–H groups in total. The molecule has 0 spiro atoms. The summed E-state index contributed by atoms with van der Waals surface area (Å²) in [5.74, 6) is 1.61. The zero-order valence-electron chi connectivity index (χ0n) is 15.1. The van der Waals surface area contributed by atoms with Gasteiger partial charge < -0.3 is 15.0 Å². The Kier molecular flexibility index (Phi) is 8.12. The van der Waals surface area contributed by atoms with E-state index in [4.69, 9.17) is 4.74 Å². The first-order chi connectivity index (χ1) is 12.1. The summed E-state index contributed by atoms with van der Waals surface area (Å²) in [6.07, 6.45) is 2.47. The Morgan fingerprint density at radius 3 is 2.48 bits per heavy atom. The first-order valence-corrected chi connectivity index (χ1v) is 10.0. The number of nitrogens with one attached hydrogen (secondary N) is 1. The molecule has 0 aliphatic carbocycles. The Balaban J connectivity index is 1.72. The van der Waals surface area contributed by atoms with Gasteiger partial charge in [-0.2, -0.15) is 0 Å². The average molecular weight is 365 g/mol. The second-order valence-electron chi connectivity index (χ2n) is 6.14. The number of thioether (sulfide) groups is 1. The molecule has 0 bridgehead atoms. The maximum atomic E-state index is 12.4. The molecule has 0 radical (unpaired) electrons. The Morgan fingerprint density at radius 2 is 1.88 bits per heavy atom. The van der Waals surface area contributed by atoms with Gasteiger partial charge in [0.2, 0.25) is 11.8 Å². The minimum absolute atomic E-state index is 0.0503. The second-order valence-corrected chi connectivity index (χ2v) is 7.19. The molecular formula is C19H28N2O3S. The number of carbonyl (C=O) groups is 2. The van der Waals surface area contributed by atoms with Gasteiger partial charge in [0.05, 0.1) is 12.4 Å². The van der Waals surface area contributed by atoms with Crippen LogP contribution < -0.4 is 10.1 Å². The van der Waals surface area contributed by atoms with E-state index in [1.807, 2.05) is 43.0 Å². The Labute approximate surface area is 154 Å². The predicted octanol–water partition coefficient (Wildman–Crippen LogP) is 2.94. The van der Waals surface area contributed by atoms with E-state index >= 15 is 0 Å². The molecule has 1 fully saturated rings. The lowest BCUT2D eigenvalue weighted by molar-refractivity contribution is -0.133. The number of ether oxygens (including phenoxy) is 1. The van der Waals surface area contributed by atoms with Crippen LogP contribution in [0.4, 0.5) is 0 Å². The number of hydrogen-bond donors (Lipinski definition) is 1. The third kappa shape index (κ3) is 6.27. The lowest BCUT2D eigenvalue weighted by Crippen LogP contribution is -2.43. The Bertz CT molecular complexity index is 554. The topological polar surface area (TPSA) is 58.6 Å². The quantitative estimate of drug-likeness (QED) is 0.721. The van der Waals surface area contributed by atoms with Gasteiger partial charge in [0.15, 0.2) is 0 Å². The van der Waals surface area contributed by atoms with Crippen molar-refractivity contribution in [3.63, 3.8) is 0 Å². The normalized spacial score (nSPS) is 15.0. The van der Waals surface area contributed by atoms with Crippen molar-refractivity contribution in [1.82, 2.24) is 10.2 Å². The van der Waals surface area contributed by atoms with E-state index in [0.717, 1.165) is 36.5 Å². The highest BCUT2D eigenvalue weighted by Gasteiger charge is 2.26. The zero-order valence-corrected chi connectivity index (χ0v) is 15.9. The van der Waals surface area contributed by atoms with Crippen molar-refractivity contribution < 1.29 is 14.3 Å². The van der Waals surface area contributed by atoms with Crippen molar-refractivity contribution in [2.75, 3.05) is 32.0 Å². The second kappa shape index (κ2) is 10.3. The molecule has 2 amide bonds. The molecule has 25 heavy (non-hydrogen) atoms. The van der Waals surface area contributed by atoms with E-state index in [9.17, 15) is 9.59 Å². The van der Waals surface area contributed by atoms with Crippen molar-refractivity contribution in [2.45, 2.75) is 38.0 Å². The van der Waals surface area contributed by atoms with Gasteiger partial charge in [0.1, 0.15) is 5.75 Å². The van der Waals surface area contributed by atoms with Crippen LogP contribution in [0.5, 0.6) is 5.75 Å². The lowest BCUT2D eigenvalue weighted by Gasteiger charge is -2.31. The van der Waals surface area contributed by atoms with Gasteiger partial charge in [-0.05, 0) is 50.5 Å². The third-order valence-corrected chi connectivity index (χ3v) is 5.26. The fourth-order valence-electron chi connectivity index (χ4n) is 2.82. The molecule has 2 rings (SSSR count). The molecular weight excluding hydrogens is 336 g/mol. The molecule has 0 aromatic heterocycles. The molecule has 1 aromatic carbocycles. The molecule has 1 aliphatic heterocycles. The van der Waals surface area contributed by atoms with Gasteiger partial charge in [0, 0.05) is 30.4 Å². The van der Waals surface area contributed by atoms with Gasteiger partial charge in [-0.3, -0.25) is 9.59 Å². The molecule has 6 heteroatoms. The van der Waals surface area contributed by atoms with Crippen molar-refractivity contribution in [3.8, 4) is 5.75 Å². The number of likely N-dealkylation sites (tertiary alicyclic amines) is 1. The molecule has 1 aromatic rings. The summed E-state index contributed by atoms with van der Waals surface area (Å²) in [7, 11) is 0. The fraction of sp³-hybridized carbons (Fsp3) is 0.579. The molecule has 0 unspecified atom stereocenters. The monoisotopic (exact) mass is 364 g/mol. The summed E-state index contributed by atoms with van der Waals surface area (Å²) >= 11 is 1.54. The smallest absolute Gasteiger partial charge is 0.232 e. The summed E-state index contributed by atoms with van der Waals surface area (Å²) in [4.78, 5) is 27.3. The summed E-state index contributed by atoms with van der Waals surface area (Å²) in [5.41, 5.74) is 0. The minimum Gasteiger partial charge on any atom is -0.494 e. The van der Waals surface area contributed by atoms with Gasteiger partial charge in [-0.15, -0.1) is 11.8 Å². The van der Waals surface area contributed by atoms with E-state index in [0.29, 0.717) is 25.4 Å². The number of amides is 2. The van der Waals surface area contributed by atoms with Gasteiger partial charge in [-0.1, -0.05) is 6.92 Å². The van der Waals surface area contributed by atoms with E-state index in [1.165, 1.54) is 0 Å². The molecule has 1 aliphatic rings. The van der Waals surface area contributed by atoms with E-state index < -0.39 is 0 Å². The average Bonchev–Trinajstić information content (AvgIpc) is 2.65. The van der Waals surface area contributed by atoms with Crippen LogP contribution in [-0.2, 0) is 9.59 Å². The molecule has 138 valence electrons. The van der Waals surface area contributed by atoms with Crippen molar-refractivity contribution in [1.29, 1.82) is 0 Å². The molecule has 0 saturated carbocycles. The SMILES string of the molecule is CCCNC(=O)C1CCN(C(=O)CSc2ccc(OCC)cc2)CC1. The highest BCUT2D eigenvalue weighted by Crippen LogP contribution is 2.23. The lowest BCUT2D eigenvalue weighted by atomic mass is 9.96. The van der Waals surface area contributed by atoms with Crippen LogP contribution in [0.25, 0.3) is 0 Å². The summed E-state index contributed by atoms with van der Waals surface area (Å²) in [6, 6.07) is 7.81. The van der Waals surface area contributed by atoms with Gasteiger partial charge in [-0.25, -0.2) is 0 Å². The summed E-state index contributed by atoms with van der Waals surface area (Å²) < 4.78 is 5.42. The minimum atomic E-state index is 0.0503. The van der Waals surface area contributed by atoms with Crippen LogP contribution >= 0.6 is 11.8 Å². The van der Waals surface area contributed by atoms with Crippen LogP contribution in [0.3, 0.4) is 0 Å². The number of benzene rings is 1. The van der Waals surface area contributed by atoms with Crippen LogP contribution in [0, 0.1) is 5.92 Å². The first kappa shape index (κ1) is 19.6. The summed E-state index contributed by atoms with van der Waals surface area (Å²) in [5, 5.41) is 2.95. The third-order valence-electron chi connectivity index (χ3n) is 4.26. The van der Waals surface area contributed by atoms with Crippen LogP contribution in [0.15, 0.2) is 29.2 Å². The van der Waals surface area contributed by atoms with Gasteiger partial charge in [0.25, 0.3) is 0 Å². The number of rotatable bonds is 8. The molecule has 5 nitrogen and oxygen atoms in total. The van der Waals surface area contributed by atoms with E-state index in [2.05, 4.69) is 5.32 Å². The Morgan fingerprint density at radius 1 is 1.20 bits per heavy atom. The van der Waals surface area contributed by atoms with Crippen LogP contribution in [0.1, 0.15) is 33.1 Å². The molecule has 1 heterocycles. The van der Waals surface area contributed by atoms with Crippen molar-refractivity contribution >= 4 is 23.6 Å². The van der Waals surface area contributed by atoms with Gasteiger partial charge >= 0.3 is 0 Å². The van der Waals surface area contributed by atoms with E-state index in [-0.39, 0.29) is 17.7 Å². The van der Waals surface area contributed by atoms with Crippen LogP contribution in [-0.4, -0.2) is 48.7 Å². The number of carbonyl (C=O) groups excluding carboxylic acids is 2. The van der Waals surface area contributed by atoms with Crippen molar-refractivity contribution in [2.24, 2.45) is 5.92 Å². The fourth-order valence-corrected chi connectivity index (χ4v) is 3.62. The Hall–Kier alpha value is -1.69. The predicted molar refractivity (Wildman–Crippen MR) is 101 cm³/mol. The summed E-state index contributed by atoms with van der Waals surface area (Å²) in [6.45, 7) is 6.73. The van der Waals surface area contributed by atoms with Crippen molar-refractivity contribution in [3.05, 3.63) is 24.3 Å². The van der Waals surface area contributed by atoms with E-state index in [1.54, 1.807) is 11.8 Å². The zero-order chi connectivity index (χ0) is 18.1. The standard InChI is InChI=1S/C19H28N2O3S/c1-3-11-20-19(23)15-9-12-21(13-10-15)18(22)14-25-17-7-5-16(6-8-17)24-4-2/h5-8,15H,3-4,9-14H2,1-2H3,(H,20,23). The maximum Gasteiger partial charge on any atom is 0.232 e. The highest BCUT2D eigenvalue weighted by molar-refractivity contribution is 8.00. The first-order valence-electron chi connectivity index (χ1n) is 9.05. The molecule has 1 saturated heterocycles. The molecule has 0 atom stereocenters. The highest BCUT2D eigenvalue weighted by atomic mass is 32.2. The number of nitrogens with zero attached hydrogens (tertiary/aromatic N) is 1. The number of hydrogen-bond acceptors (Lipinski definition) is 4. The van der Waals surface area contributed by atoms with Crippen LogP contribution in [0.2, 0.25) is 0 Å².